The molecule has 6 nitrogen and oxygen atoms in total. The van der Waals surface area contributed by atoms with Crippen LogP contribution in [-0.4, -0.2) is 38.0 Å². The van der Waals surface area contributed by atoms with E-state index in [1.54, 1.807) is 11.3 Å². The third-order valence-electron chi connectivity index (χ3n) is 5.13. The van der Waals surface area contributed by atoms with Gasteiger partial charge in [-0.3, -0.25) is 9.69 Å². The Labute approximate surface area is 160 Å². The Hall–Kier alpha value is -2.64. The maximum atomic E-state index is 12.7. The average molecular weight is 377 g/mol. The smallest absolute Gasteiger partial charge is 0.278 e. The normalized spacial score (nSPS) is 18.3. The summed E-state index contributed by atoms with van der Waals surface area (Å²) in [6.07, 6.45) is 2.23. The van der Waals surface area contributed by atoms with Crippen molar-refractivity contribution in [3.8, 4) is 0 Å². The number of nitrogens with zero attached hydrogens (tertiary/aromatic N) is 5. The van der Waals surface area contributed by atoms with E-state index in [1.165, 1.54) is 14.4 Å². The van der Waals surface area contributed by atoms with E-state index in [0.29, 0.717) is 23.5 Å². The van der Waals surface area contributed by atoms with Crippen LogP contribution in [-0.2, 0) is 6.67 Å². The van der Waals surface area contributed by atoms with Gasteiger partial charge in [-0.2, -0.15) is 4.68 Å². The van der Waals surface area contributed by atoms with Crippen molar-refractivity contribution >= 4 is 32.5 Å². The first-order valence-electron chi connectivity index (χ1n) is 9.18. The van der Waals surface area contributed by atoms with E-state index in [4.69, 9.17) is 4.98 Å². The second kappa shape index (κ2) is 6.83. The zero-order chi connectivity index (χ0) is 18.2. The number of hydrogen-bond donors (Lipinski definition) is 0. The molecule has 2 aromatic carbocycles. The molecule has 0 aliphatic carbocycles. The number of fused-ring (bicyclic) bond motifs is 2. The summed E-state index contributed by atoms with van der Waals surface area (Å²) in [6, 6.07) is 15.6. The number of thiazole rings is 1. The van der Waals surface area contributed by atoms with Crippen LogP contribution in [0.2, 0.25) is 0 Å². The highest BCUT2D eigenvalue weighted by molar-refractivity contribution is 7.18. The molecule has 3 heterocycles. The number of benzene rings is 2. The zero-order valence-electron chi connectivity index (χ0n) is 14.8. The van der Waals surface area contributed by atoms with Crippen LogP contribution in [0.3, 0.4) is 0 Å². The second-order valence-corrected chi connectivity index (χ2v) is 8.05. The molecule has 1 aliphatic heterocycles. The number of hydrogen-bond acceptors (Lipinski definition) is 6. The zero-order valence-corrected chi connectivity index (χ0v) is 15.6. The van der Waals surface area contributed by atoms with Crippen molar-refractivity contribution in [1.29, 1.82) is 0 Å². The standard InChI is InChI=1S/C20H19N5OS/c26-20-15-7-1-2-8-16(15)22-23-25(20)13-24-11-5-6-14(12-24)19-21-17-9-3-4-10-18(17)27-19/h1-4,7-10,14H,5-6,11-13H2. The molecule has 1 saturated heterocycles. The summed E-state index contributed by atoms with van der Waals surface area (Å²) < 4.78 is 2.71. The highest BCUT2D eigenvalue weighted by atomic mass is 32.1. The van der Waals surface area contributed by atoms with E-state index < -0.39 is 0 Å². The first-order chi connectivity index (χ1) is 13.3. The van der Waals surface area contributed by atoms with Gasteiger partial charge >= 0.3 is 0 Å². The van der Waals surface area contributed by atoms with Crippen molar-refractivity contribution in [3.05, 3.63) is 63.9 Å². The molecule has 2 aromatic heterocycles. The van der Waals surface area contributed by atoms with Crippen molar-refractivity contribution in [3.63, 3.8) is 0 Å². The summed E-state index contributed by atoms with van der Waals surface area (Å²) in [5, 5.41) is 10.1. The van der Waals surface area contributed by atoms with Crippen LogP contribution in [0.25, 0.3) is 21.1 Å². The van der Waals surface area contributed by atoms with Crippen LogP contribution in [0.4, 0.5) is 0 Å². The predicted octanol–water partition coefficient (Wildman–Crippen LogP) is 3.24. The van der Waals surface area contributed by atoms with Crippen LogP contribution >= 0.6 is 11.3 Å². The molecule has 4 aromatic rings. The van der Waals surface area contributed by atoms with Crippen molar-refractivity contribution < 1.29 is 0 Å². The molecule has 0 saturated carbocycles. The lowest BCUT2D eigenvalue weighted by atomic mass is 9.99. The fourth-order valence-corrected chi connectivity index (χ4v) is 4.85. The fraction of sp³-hybridized carbons (Fsp3) is 0.300. The van der Waals surface area contributed by atoms with E-state index in [0.717, 1.165) is 31.4 Å². The lowest BCUT2D eigenvalue weighted by Gasteiger charge is -2.31. The second-order valence-electron chi connectivity index (χ2n) is 6.99. The van der Waals surface area contributed by atoms with Gasteiger partial charge in [0.05, 0.1) is 27.3 Å². The molecule has 0 spiro atoms. The largest absolute Gasteiger partial charge is 0.284 e. The molecule has 1 atom stereocenters. The Morgan fingerprint density at radius 2 is 1.89 bits per heavy atom. The SMILES string of the molecule is O=c1c2ccccc2nnn1CN1CCCC(c2nc3ccccc3s2)C1. The van der Waals surface area contributed by atoms with Gasteiger partial charge in [0.1, 0.15) is 5.52 Å². The van der Waals surface area contributed by atoms with Gasteiger partial charge in [-0.05, 0) is 43.7 Å². The van der Waals surface area contributed by atoms with Crippen molar-refractivity contribution in [2.45, 2.75) is 25.4 Å². The number of aromatic nitrogens is 4. The van der Waals surface area contributed by atoms with Gasteiger partial charge in [0, 0.05) is 12.5 Å². The highest BCUT2D eigenvalue weighted by Crippen LogP contribution is 2.32. The van der Waals surface area contributed by atoms with Gasteiger partial charge in [0.2, 0.25) is 0 Å². The molecule has 1 aliphatic rings. The minimum atomic E-state index is -0.0808. The molecular formula is C20H19N5OS. The molecule has 0 radical (unpaired) electrons. The molecule has 0 bridgehead atoms. The first-order valence-corrected chi connectivity index (χ1v) is 10.00. The molecule has 136 valence electrons. The molecule has 0 N–H and O–H groups in total. The summed E-state index contributed by atoms with van der Waals surface area (Å²) >= 11 is 1.78. The number of likely N-dealkylation sites (tertiary alicyclic amines) is 1. The summed E-state index contributed by atoms with van der Waals surface area (Å²) in [5.74, 6) is 0.403. The third-order valence-corrected chi connectivity index (χ3v) is 6.33. The van der Waals surface area contributed by atoms with Gasteiger partial charge in [-0.15, -0.1) is 16.4 Å². The molecule has 1 fully saturated rings. The minimum Gasteiger partial charge on any atom is -0.284 e. The summed E-state index contributed by atoms with van der Waals surface area (Å²) in [5.41, 5.74) is 1.64. The molecule has 1 unspecified atom stereocenters. The maximum Gasteiger partial charge on any atom is 0.278 e. The van der Waals surface area contributed by atoms with Crippen LogP contribution in [0.15, 0.2) is 53.3 Å². The topological polar surface area (TPSA) is 63.9 Å². The Morgan fingerprint density at radius 3 is 2.78 bits per heavy atom. The van der Waals surface area contributed by atoms with Gasteiger partial charge < -0.3 is 0 Å². The van der Waals surface area contributed by atoms with Gasteiger partial charge in [-0.25, -0.2) is 4.98 Å². The Kier molecular flexibility index (Phi) is 4.18. The van der Waals surface area contributed by atoms with Gasteiger partial charge in [0.25, 0.3) is 5.56 Å². The van der Waals surface area contributed by atoms with E-state index in [2.05, 4.69) is 33.4 Å². The summed E-state index contributed by atoms with van der Waals surface area (Å²) in [6.45, 7) is 2.32. The van der Waals surface area contributed by atoms with Crippen LogP contribution in [0, 0.1) is 0 Å². The number of piperidine rings is 1. The lowest BCUT2D eigenvalue weighted by molar-refractivity contribution is 0.152. The van der Waals surface area contributed by atoms with Crippen LogP contribution < -0.4 is 5.56 Å². The first kappa shape index (κ1) is 16.5. The highest BCUT2D eigenvalue weighted by Gasteiger charge is 2.24. The van der Waals surface area contributed by atoms with E-state index in [1.807, 2.05) is 30.3 Å². The van der Waals surface area contributed by atoms with E-state index in [9.17, 15) is 4.79 Å². The lowest BCUT2D eigenvalue weighted by Crippen LogP contribution is -2.39. The Morgan fingerprint density at radius 1 is 1.07 bits per heavy atom. The fourth-order valence-electron chi connectivity index (χ4n) is 3.76. The molecule has 7 heteroatoms. The molecular weight excluding hydrogens is 358 g/mol. The Bertz CT molecular complexity index is 1130. The third kappa shape index (κ3) is 3.13. The molecule has 27 heavy (non-hydrogen) atoms. The monoisotopic (exact) mass is 377 g/mol. The predicted molar refractivity (Wildman–Crippen MR) is 107 cm³/mol. The number of rotatable bonds is 3. The van der Waals surface area contributed by atoms with Crippen molar-refractivity contribution in [2.75, 3.05) is 13.1 Å². The van der Waals surface area contributed by atoms with Crippen LogP contribution in [0.5, 0.6) is 0 Å². The Balaban J connectivity index is 1.38. The number of para-hydroxylation sites is 1. The molecule has 0 amide bonds. The van der Waals surface area contributed by atoms with E-state index >= 15 is 0 Å². The van der Waals surface area contributed by atoms with Crippen molar-refractivity contribution in [1.82, 2.24) is 24.9 Å². The summed E-state index contributed by atoms with van der Waals surface area (Å²) in [7, 11) is 0. The van der Waals surface area contributed by atoms with Crippen LogP contribution in [0.1, 0.15) is 23.8 Å². The van der Waals surface area contributed by atoms with Gasteiger partial charge in [-0.1, -0.05) is 29.5 Å². The van der Waals surface area contributed by atoms with Gasteiger partial charge in [0.15, 0.2) is 0 Å². The summed E-state index contributed by atoms with van der Waals surface area (Å²) in [4.78, 5) is 19.8. The van der Waals surface area contributed by atoms with Crippen molar-refractivity contribution in [2.24, 2.45) is 0 Å². The minimum absolute atomic E-state index is 0.0808. The van der Waals surface area contributed by atoms with E-state index in [-0.39, 0.29) is 5.56 Å². The average Bonchev–Trinajstić information content (AvgIpc) is 3.15. The maximum absolute atomic E-state index is 12.7. The quantitative estimate of drug-likeness (QED) is 0.548. The molecule has 5 rings (SSSR count).